The molecule has 0 bridgehead atoms. The maximum atomic E-state index is 12.6. The van der Waals surface area contributed by atoms with E-state index in [9.17, 15) is 18.5 Å². The highest BCUT2D eigenvalue weighted by molar-refractivity contribution is 7.91. The summed E-state index contributed by atoms with van der Waals surface area (Å²) in [6.45, 7) is 4.40. The van der Waals surface area contributed by atoms with Gasteiger partial charge in [0.25, 0.3) is 15.7 Å². The number of nitro groups is 1. The topological polar surface area (TPSA) is 80.5 Å². The first-order chi connectivity index (χ1) is 9.25. The Morgan fingerprint density at radius 1 is 1.55 bits per heavy atom. The normalized spacial score (nSPS) is 20.7. The fourth-order valence-electron chi connectivity index (χ4n) is 2.44. The average Bonchev–Trinajstić information content (AvgIpc) is 2.94. The van der Waals surface area contributed by atoms with Gasteiger partial charge in [0.05, 0.1) is 4.92 Å². The van der Waals surface area contributed by atoms with Crippen LogP contribution in [-0.2, 0) is 10.0 Å². The molecule has 0 spiro atoms. The monoisotopic (exact) mass is 338 g/mol. The molecule has 0 radical (unpaired) electrons. The lowest BCUT2D eigenvalue weighted by molar-refractivity contribution is -0.384. The molecule has 1 aliphatic heterocycles. The minimum atomic E-state index is -3.71. The lowest BCUT2D eigenvalue weighted by Crippen LogP contribution is -2.38. The number of thiophene rings is 1. The van der Waals surface area contributed by atoms with Crippen LogP contribution in [-0.4, -0.2) is 30.2 Å². The Bertz CT molecular complexity index is 626. The molecule has 1 aliphatic rings. The molecule has 20 heavy (non-hydrogen) atoms. The molecule has 0 aromatic carbocycles. The molecule has 2 heterocycles. The third-order valence-corrected chi connectivity index (χ3v) is 7.14. The smallest absolute Gasteiger partial charge is 0.258 e. The quantitative estimate of drug-likeness (QED) is 0.624. The molecule has 2 rings (SSSR count). The zero-order chi connectivity index (χ0) is 15.1. The number of rotatable bonds is 4. The zero-order valence-electron chi connectivity index (χ0n) is 11.1. The summed E-state index contributed by atoms with van der Waals surface area (Å²) in [7, 11) is -3.71. The van der Waals surface area contributed by atoms with Gasteiger partial charge in [0, 0.05) is 18.7 Å². The molecule has 1 atom stereocenters. The summed E-state index contributed by atoms with van der Waals surface area (Å²) in [6, 6.07) is 0.998. The number of halogens is 1. The van der Waals surface area contributed by atoms with Gasteiger partial charge in [0.15, 0.2) is 4.34 Å². The van der Waals surface area contributed by atoms with Gasteiger partial charge >= 0.3 is 0 Å². The summed E-state index contributed by atoms with van der Waals surface area (Å²) in [5.41, 5.74) is -0.351. The Balaban J connectivity index is 2.40. The van der Waals surface area contributed by atoms with E-state index in [2.05, 4.69) is 0 Å². The maximum absolute atomic E-state index is 12.6. The van der Waals surface area contributed by atoms with Gasteiger partial charge in [0.1, 0.15) is 4.21 Å². The van der Waals surface area contributed by atoms with Crippen LogP contribution in [0.4, 0.5) is 5.69 Å². The standard InChI is InChI=1S/C11H15ClN2O4S2/c1-7(2)8-4-3-5-13(8)20(17,18)10-6-9(14(15)16)11(12)19-10/h6-8H,3-5H2,1-2H3. The van der Waals surface area contributed by atoms with Gasteiger partial charge in [-0.1, -0.05) is 25.4 Å². The van der Waals surface area contributed by atoms with Gasteiger partial charge in [-0.3, -0.25) is 10.1 Å². The maximum Gasteiger partial charge on any atom is 0.300 e. The molecular formula is C11H15ClN2O4S2. The Hall–Kier alpha value is -0.700. The minimum Gasteiger partial charge on any atom is -0.258 e. The largest absolute Gasteiger partial charge is 0.300 e. The molecule has 1 aromatic heterocycles. The van der Waals surface area contributed by atoms with Crippen molar-refractivity contribution in [2.45, 2.75) is 36.9 Å². The second kappa shape index (κ2) is 5.59. The van der Waals surface area contributed by atoms with Crippen molar-refractivity contribution < 1.29 is 13.3 Å². The highest BCUT2D eigenvalue weighted by atomic mass is 35.5. The Morgan fingerprint density at radius 3 is 2.70 bits per heavy atom. The molecule has 112 valence electrons. The van der Waals surface area contributed by atoms with Crippen molar-refractivity contribution in [2.24, 2.45) is 5.92 Å². The van der Waals surface area contributed by atoms with Crippen LogP contribution in [0.5, 0.6) is 0 Å². The molecule has 6 nitrogen and oxygen atoms in total. The van der Waals surface area contributed by atoms with Crippen LogP contribution in [0.2, 0.25) is 4.34 Å². The number of sulfonamides is 1. The second-order valence-corrected chi connectivity index (χ2v) is 8.82. The number of nitrogens with zero attached hydrogens (tertiary/aromatic N) is 2. The van der Waals surface area contributed by atoms with Crippen molar-refractivity contribution in [2.75, 3.05) is 6.54 Å². The summed E-state index contributed by atoms with van der Waals surface area (Å²) in [6.07, 6.45) is 1.63. The molecule has 0 N–H and O–H groups in total. The third kappa shape index (κ3) is 2.69. The second-order valence-electron chi connectivity index (χ2n) is 5.05. The van der Waals surface area contributed by atoms with Gasteiger partial charge in [-0.05, 0) is 18.8 Å². The van der Waals surface area contributed by atoms with Crippen LogP contribution >= 0.6 is 22.9 Å². The molecule has 0 saturated carbocycles. The number of hydrogen-bond donors (Lipinski definition) is 0. The minimum absolute atomic E-state index is 0.0539. The van der Waals surface area contributed by atoms with E-state index >= 15 is 0 Å². The van der Waals surface area contributed by atoms with Crippen LogP contribution in [0.25, 0.3) is 0 Å². The van der Waals surface area contributed by atoms with Crippen LogP contribution in [0.3, 0.4) is 0 Å². The van der Waals surface area contributed by atoms with E-state index in [1.807, 2.05) is 13.8 Å². The first kappa shape index (κ1) is 15.7. The molecule has 9 heteroatoms. The SMILES string of the molecule is CC(C)C1CCCN1S(=O)(=O)c1cc([N+](=O)[O-])c(Cl)s1. The predicted molar refractivity (Wildman–Crippen MR) is 77.7 cm³/mol. The van der Waals surface area contributed by atoms with E-state index in [1.54, 1.807) is 0 Å². The van der Waals surface area contributed by atoms with Crippen molar-refractivity contribution in [3.05, 3.63) is 20.5 Å². The van der Waals surface area contributed by atoms with E-state index in [4.69, 9.17) is 11.6 Å². The van der Waals surface area contributed by atoms with Gasteiger partial charge in [0.2, 0.25) is 0 Å². The summed E-state index contributed by atoms with van der Waals surface area (Å²) in [5.74, 6) is 0.206. The fraction of sp³-hybridized carbons (Fsp3) is 0.636. The van der Waals surface area contributed by atoms with Gasteiger partial charge in [-0.2, -0.15) is 4.31 Å². The lowest BCUT2D eigenvalue weighted by Gasteiger charge is -2.26. The van der Waals surface area contributed by atoms with E-state index in [1.165, 1.54) is 4.31 Å². The zero-order valence-corrected chi connectivity index (χ0v) is 13.5. The Morgan fingerprint density at radius 2 is 2.20 bits per heavy atom. The van der Waals surface area contributed by atoms with E-state index in [-0.39, 0.29) is 26.2 Å². The first-order valence-corrected chi connectivity index (χ1v) is 8.84. The van der Waals surface area contributed by atoms with Crippen molar-refractivity contribution in [3.8, 4) is 0 Å². The first-order valence-electron chi connectivity index (χ1n) is 6.20. The molecule has 1 unspecified atom stereocenters. The van der Waals surface area contributed by atoms with Crippen molar-refractivity contribution in [1.82, 2.24) is 4.31 Å². The number of hydrogen-bond acceptors (Lipinski definition) is 5. The summed E-state index contributed by atoms with van der Waals surface area (Å²) in [4.78, 5) is 10.1. The van der Waals surface area contributed by atoms with Crippen LogP contribution in [0.15, 0.2) is 10.3 Å². The fourth-order valence-corrected chi connectivity index (χ4v) is 6.06. The van der Waals surface area contributed by atoms with Crippen LogP contribution in [0.1, 0.15) is 26.7 Å². The highest BCUT2D eigenvalue weighted by Gasteiger charge is 2.38. The predicted octanol–water partition coefficient (Wildman–Crippen LogP) is 3.12. The highest BCUT2D eigenvalue weighted by Crippen LogP contribution is 2.39. The molecular weight excluding hydrogens is 324 g/mol. The Labute approximate surface area is 126 Å². The van der Waals surface area contributed by atoms with Crippen molar-refractivity contribution >= 4 is 38.6 Å². The van der Waals surface area contributed by atoms with Gasteiger partial charge in [-0.15, -0.1) is 11.3 Å². The van der Waals surface area contributed by atoms with Crippen molar-refractivity contribution in [1.29, 1.82) is 0 Å². The van der Waals surface area contributed by atoms with E-state index in [0.717, 1.165) is 30.2 Å². The molecule has 1 saturated heterocycles. The molecule has 0 amide bonds. The van der Waals surface area contributed by atoms with Crippen molar-refractivity contribution in [3.63, 3.8) is 0 Å². The summed E-state index contributed by atoms with van der Waals surface area (Å²) in [5, 5.41) is 10.8. The van der Waals surface area contributed by atoms with Crippen LogP contribution in [0, 0.1) is 16.0 Å². The van der Waals surface area contributed by atoms with Crippen LogP contribution < -0.4 is 0 Å². The van der Waals surface area contributed by atoms with Gasteiger partial charge < -0.3 is 0 Å². The average molecular weight is 339 g/mol. The molecule has 1 aromatic rings. The molecule has 0 aliphatic carbocycles. The molecule has 1 fully saturated rings. The Kier molecular flexibility index (Phi) is 4.38. The summed E-state index contributed by atoms with van der Waals surface area (Å²) < 4.78 is 26.5. The van der Waals surface area contributed by atoms with Gasteiger partial charge in [-0.25, -0.2) is 8.42 Å². The third-order valence-electron chi connectivity index (χ3n) is 3.42. The lowest BCUT2D eigenvalue weighted by atomic mass is 10.0. The van der Waals surface area contributed by atoms with E-state index < -0.39 is 14.9 Å². The van der Waals surface area contributed by atoms with E-state index in [0.29, 0.717) is 6.54 Å². The summed E-state index contributed by atoms with van der Waals surface area (Å²) >= 11 is 6.49.